The highest BCUT2D eigenvalue weighted by Gasteiger charge is 2.31. The summed E-state index contributed by atoms with van der Waals surface area (Å²) < 4.78 is 26.7. The standard InChI is InChI=1S/C21H16N2O4S2/c22-11-13-1-5-18(20-23-7-8-28-20)16(9-13)12-29(26,27)19-10-15(21(24)25)4-6-17(19)14-2-3-14/h1,4-10,14H,2-3,12H2,(H,24,25). The van der Waals surface area contributed by atoms with Gasteiger partial charge in [0, 0.05) is 17.1 Å². The van der Waals surface area contributed by atoms with E-state index in [-0.39, 0.29) is 22.1 Å². The van der Waals surface area contributed by atoms with Crippen LogP contribution in [0.15, 0.2) is 52.9 Å². The van der Waals surface area contributed by atoms with Gasteiger partial charge >= 0.3 is 5.97 Å². The Balaban J connectivity index is 1.82. The van der Waals surface area contributed by atoms with Gasteiger partial charge in [-0.25, -0.2) is 18.2 Å². The first-order valence-corrected chi connectivity index (χ1v) is 11.4. The summed E-state index contributed by atoms with van der Waals surface area (Å²) >= 11 is 1.38. The summed E-state index contributed by atoms with van der Waals surface area (Å²) in [4.78, 5) is 15.7. The van der Waals surface area contributed by atoms with Crippen molar-refractivity contribution in [2.75, 3.05) is 0 Å². The Morgan fingerprint density at radius 1 is 1.24 bits per heavy atom. The van der Waals surface area contributed by atoms with E-state index in [4.69, 9.17) is 0 Å². The highest BCUT2D eigenvalue weighted by atomic mass is 32.2. The van der Waals surface area contributed by atoms with Crippen molar-refractivity contribution in [3.05, 3.63) is 70.2 Å². The number of carboxylic acid groups (broad SMARTS) is 1. The van der Waals surface area contributed by atoms with Crippen LogP contribution in [0.25, 0.3) is 10.6 Å². The molecule has 1 heterocycles. The number of rotatable bonds is 6. The summed E-state index contributed by atoms with van der Waals surface area (Å²) in [5.41, 5.74) is 2.10. The van der Waals surface area contributed by atoms with Crippen molar-refractivity contribution in [3.63, 3.8) is 0 Å². The van der Waals surface area contributed by atoms with Crippen molar-refractivity contribution in [2.45, 2.75) is 29.4 Å². The fourth-order valence-corrected chi connectivity index (χ4v) is 5.70. The van der Waals surface area contributed by atoms with E-state index in [2.05, 4.69) is 4.98 Å². The monoisotopic (exact) mass is 424 g/mol. The van der Waals surface area contributed by atoms with E-state index in [0.29, 0.717) is 27.3 Å². The molecule has 1 aliphatic rings. The molecule has 2 aromatic carbocycles. The zero-order chi connectivity index (χ0) is 20.6. The van der Waals surface area contributed by atoms with Crippen molar-refractivity contribution in [1.82, 2.24) is 4.98 Å². The topological polar surface area (TPSA) is 108 Å². The number of carboxylic acids is 1. The second-order valence-electron chi connectivity index (χ2n) is 6.91. The van der Waals surface area contributed by atoms with Crippen LogP contribution in [-0.2, 0) is 15.6 Å². The van der Waals surface area contributed by atoms with Crippen molar-refractivity contribution in [2.24, 2.45) is 0 Å². The summed E-state index contributed by atoms with van der Waals surface area (Å²) in [6, 6.07) is 11.3. The fraction of sp³-hybridized carbons (Fsp3) is 0.190. The lowest BCUT2D eigenvalue weighted by Crippen LogP contribution is -2.11. The zero-order valence-corrected chi connectivity index (χ0v) is 16.8. The molecule has 0 amide bonds. The van der Waals surface area contributed by atoms with Crippen molar-refractivity contribution >= 4 is 27.1 Å². The highest BCUT2D eigenvalue weighted by Crippen LogP contribution is 2.44. The molecule has 29 heavy (non-hydrogen) atoms. The predicted octanol–water partition coefficient (Wildman–Crippen LogP) is 4.23. The van der Waals surface area contributed by atoms with E-state index in [1.165, 1.54) is 23.5 Å². The normalized spacial score (nSPS) is 13.8. The second kappa shape index (κ2) is 7.43. The molecule has 1 N–H and O–H groups in total. The first-order valence-electron chi connectivity index (χ1n) is 8.92. The van der Waals surface area contributed by atoms with E-state index in [1.807, 2.05) is 6.07 Å². The second-order valence-corrected chi connectivity index (χ2v) is 9.76. The molecular formula is C21H16N2O4S2. The number of nitrogens with zero attached hydrogens (tertiary/aromatic N) is 2. The first-order chi connectivity index (χ1) is 13.9. The third-order valence-electron chi connectivity index (χ3n) is 4.86. The third kappa shape index (κ3) is 3.92. The zero-order valence-electron chi connectivity index (χ0n) is 15.2. The molecule has 1 saturated carbocycles. The maximum Gasteiger partial charge on any atom is 0.335 e. The number of carbonyl (C=O) groups is 1. The molecule has 1 aromatic heterocycles. The number of hydrogen-bond donors (Lipinski definition) is 1. The molecular weight excluding hydrogens is 408 g/mol. The van der Waals surface area contributed by atoms with E-state index in [1.54, 1.807) is 35.8 Å². The lowest BCUT2D eigenvalue weighted by molar-refractivity contribution is 0.0696. The number of aromatic carboxylic acids is 1. The Hall–Kier alpha value is -3.02. The first kappa shape index (κ1) is 19.3. The summed E-state index contributed by atoms with van der Waals surface area (Å²) in [5, 5.41) is 21.0. The van der Waals surface area contributed by atoms with Crippen LogP contribution >= 0.6 is 11.3 Å². The van der Waals surface area contributed by atoms with Crippen LogP contribution in [0.5, 0.6) is 0 Å². The minimum atomic E-state index is -3.84. The lowest BCUT2D eigenvalue weighted by atomic mass is 10.1. The number of nitriles is 1. The minimum Gasteiger partial charge on any atom is -0.478 e. The molecule has 1 aliphatic carbocycles. The van der Waals surface area contributed by atoms with Gasteiger partial charge in [0.15, 0.2) is 9.84 Å². The number of thiazole rings is 1. The Morgan fingerprint density at radius 3 is 2.66 bits per heavy atom. The predicted molar refractivity (Wildman–Crippen MR) is 109 cm³/mol. The van der Waals surface area contributed by atoms with Crippen molar-refractivity contribution in [3.8, 4) is 16.6 Å². The quantitative estimate of drug-likeness (QED) is 0.634. The van der Waals surface area contributed by atoms with Gasteiger partial charge in [0.2, 0.25) is 0 Å². The SMILES string of the molecule is N#Cc1ccc(-c2nccs2)c(CS(=O)(=O)c2cc(C(=O)O)ccc2C2CC2)c1. The van der Waals surface area contributed by atoms with Gasteiger partial charge in [0.1, 0.15) is 5.01 Å². The molecule has 0 unspecified atom stereocenters. The Morgan fingerprint density at radius 2 is 2.03 bits per heavy atom. The van der Waals surface area contributed by atoms with Gasteiger partial charge in [-0.1, -0.05) is 12.1 Å². The van der Waals surface area contributed by atoms with Gasteiger partial charge in [-0.3, -0.25) is 0 Å². The lowest BCUT2D eigenvalue weighted by Gasteiger charge is -2.13. The molecule has 6 nitrogen and oxygen atoms in total. The number of hydrogen-bond acceptors (Lipinski definition) is 6. The van der Waals surface area contributed by atoms with Gasteiger partial charge in [-0.15, -0.1) is 11.3 Å². The van der Waals surface area contributed by atoms with Gasteiger partial charge in [0.05, 0.1) is 27.8 Å². The van der Waals surface area contributed by atoms with Crippen LogP contribution in [0.2, 0.25) is 0 Å². The van der Waals surface area contributed by atoms with Crippen LogP contribution in [0.3, 0.4) is 0 Å². The molecule has 3 aromatic rings. The molecule has 0 bridgehead atoms. The molecule has 0 atom stereocenters. The Bertz CT molecular complexity index is 1240. The number of benzene rings is 2. The smallest absolute Gasteiger partial charge is 0.335 e. The summed E-state index contributed by atoms with van der Waals surface area (Å²) in [6.07, 6.45) is 3.42. The number of aromatic nitrogens is 1. The Labute approximate surface area is 172 Å². The molecule has 1 fully saturated rings. The van der Waals surface area contributed by atoms with E-state index in [9.17, 15) is 23.6 Å². The average molecular weight is 425 g/mol. The molecule has 0 spiro atoms. The van der Waals surface area contributed by atoms with E-state index >= 15 is 0 Å². The van der Waals surface area contributed by atoms with Gasteiger partial charge in [0.25, 0.3) is 0 Å². The van der Waals surface area contributed by atoms with Crippen LogP contribution < -0.4 is 0 Å². The Kier molecular flexibility index (Phi) is 4.94. The largest absolute Gasteiger partial charge is 0.478 e. The minimum absolute atomic E-state index is 0.0566. The average Bonchev–Trinajstić information content (AvgIpc) is 3.41. The molecule has 8 heteroatoms. The van der Waals surface area contributed by atoms with Crippen LogP contribution in [0.1, 0.15) is 45.8 Å². The van der Waals surface area contributed by atoms with Crippen LogP contribution in [-0.4, -0.2) is 24.5 Å². The summed E-state index contributed by atoms with van der Waals surface area (Å²) in [7, 11) is -3.84. The molecule has 4 rings (SSSR count). The summed E-state index contributed by atoms with van der Waals surface area (Å²) in [6.45, 7) is 0. The van der Waals surface area contributed by atoms with Crippen LogP contribution in [0, 0.1) is 11.3 Å². The van der Waals surface area contributed by atoms with Crippen molar-refractivity contribution in [1.29, 1.82) is 5.26 Å². The highest BCUT2D eigenvalue weighted by molar-refractivity contribution is 7.90. The third-order valence-corrected chi connectivity index (χ3v) is 7.38. The van der Waals surface area contributed by atoms with Gasteiger partial charge < -0.3 is 5.11 Å². The maximum absolute atomic E-state index is 13.4. The van der Waals surface area contributed by atoms with Crippen molar-refractivity contribution < 1.29 is 18.3 Å². The number of sulfone groups is 1. The van der Waals surface area contributed by atoms with Gasteiger partial charge in [-0.05, 0) is 54.2 Å². The van der Waals surface area contributed by atoms with E-state index in [0.717, 1.165) is 12.8 Å². The molecule has 0 radical (unpaired) electrons. The molecule has 0 aliphatic heterocycles. The van der Waals surface area contributed by atoms with Crippen LogP contribution in [0.4, 0.5) is 0 Å². The summed E-state index contributed by atoms with van der Waals surface area (Å²) in [5.74, 6) is -1.36. The molecule has 146 valence electrons. The fourth-order valence-electron chi connectivity index (χ4n) is 3.30. The van der Waals surface area contributed by atoms with Gasteiger partial charge in [-0.2, -0.15) is 5.26 Å². The van der Waals surface area contributed by atoms with E-state index < -0.39 is 15.8 Å². The molecule has 0 saturated heterocycles. The maximum atomic E-state index is 13.4.